The molecule has 1 saturated heterocycles. The summed E-state index contributed by atoms with van der Waals surface area (Å²) in [5, 5.41) is 8.65. The Kier molecular flexibility index (Phi) is 3.85. The van der Waals surface area contributed by atoms with Crippen LogP contribution in [0.4, 0.5) is 5.69 Å². The molecule has 1 atom stereocenters. The summed E-state index contributed by atoms with van der Waals surface area (Å²) in [4.78, 5) is 23.6. The van der Waals surface area contributed by atoms with Gasteiger partial charge in [-0.05, 0) is 44.2 Å². The van der Waals surface area contributed by atoms with Crippen LogP contribution in [-0.2, 0) is 4.79 Å². The van der Waals surface area contributed by atoms with Crippen molar-refractivity contribution < 1.29 is 9.59 Å². The Bertz CT molecular complexity index is 476. The maximum absolute atomic E-state index is 12.2. The standard InChI is InChI=1S/C14H19N3O2/c1-14(7-8-16-9-14)13(19)17-11-5-3-10(4-6-11)12(18)15-2/h3-6,16H,7-9H2,1-2H3,(H,15,18)(H,17,19). The summed E-state index contributed by atoms with van der Waals surface area (Å²) in [6.45, 7) is 3.54. The summed E-state index contributed by atoms with van der Waals surface area (Å²) in [5.41, 5.74) is 0.944. The molecule has 5 heteroatoms. The molecule has 1 aromatic rings. The van der Waals surface area contributed by atoms with E-state index in [-0.39, 0.29) is 17.2 Å². The Morgan fingerprint density at radius 3 is 2.47 bits per heavy atom. The molecule has 102 valence electrons. The van der Waals surface area contributed by atoms with E-state index in [9.17, 15) is 9.59 Å². The number of amides is 2. The van der Waals surface area contributed by atoms with Gasteiger partial charge in [0, 0.05) is 24.8 Å². The quantitative estimate of drug-likeness (QED) is 0.759. The maximum atomic E-state index is 12.2. The summed E-state index contributed by atoms with van der Waals surface area (Å²) in [6, 6.07) is 6.88. The Morgan fingerprint density at radius 2 is 1.95 bits per heavy atom. The van der Waals surface area contributed by atoms with Gasteiger partial charge in [0.15, 0.2) is 0 Å². The minimum atomic E-state index is -0.348. The van der Waals surface area contributed by atoms with Gasteiger partial charge in [0.05, 0.1) is 5.41 Å². The average molecular weight is 261 g/mol. The molecule has 0 aromatic heterocycles. The minimum Gasteiger partial charge on any atom is -0.355 e. The number of hydrogen-bond donors (Lipinski definition) is 3. The van der Waals surface area contributed by atoms with Crippen molar-refractivity contribution in [1.82, 2.24) is 10.6 Å². The lowest BCUT2D eigenvalue weighted by molar-refractivity contribution is -0.123. The van der Waals surface area contributed by atoms with Crippen LogP contribution in [0.3, 0.4) is 0 Å². The first-order valence-corrected chi connectivity index (χ1v) is 6.39. The lowest BCUT2D eigenvalue weighted by atomic mass is 9.89. The molecular formula is C14H19N3O2. The number of hydrogen-bond acceptors (Lipinski definition) is 3. The van der Waals surface area contributed by atoms with Crippen molar-refractivity contribution in [3.8, 4) is 0 Å². The van der Waals surface area contributed by atoms with Gasteiger partial charge in [-0.1, -0.05) is 0 Å². The highest BCUT2D eigenvalue weighted by atomic mass is 16.2. The largest absolute Gasteiger partial charge is 0.355 e. The summed E-state index contributed by atoms with van der Waals surface area (Å²) in [6.07, 6.45) is 0.842. The molecule has 1 heterocycles. The summed E-state index contributed by atoms with van der Waals surface area (Å²) >= 11 is 0. The SMILES string of the molecule is CNC(=O)c1ccc(NC(=O)C2(C)CCNC2)cc1. The predicted octanol–water partition coefficient (Wildman–Crippen LogP) is 0.984. The van der Waals surface area contributed by atoms with Crippen LogP contribution in [-0.4, -0.2) is 32.0 Å². The van der Waals surface area contributed by atoms with Crippen molar-refractivity contribution in [2.24, 2.45) is 5.41 Å². The van der Waals surface area contributed by atoms with Crippen molar-refractivity contribution in [1.29, 1.82) is 0 Å². The summed E-state index contributed by atoms with van der Waals surface area (Å²) < 4.78 is 0. The molecule has 1 aliphatic rings. The van der Waals surface area contributed by atoms with E-state index in [1.807, 2.05) is 6.92 Å². The van der Waals surface area contributed by atoms with Gasteiger partial charge in [0.25, 0.3) is 5.91 Å². The molecule has 3 N–H and O–H groups in total. The van der Waals surface area contributed by atoms with Gasteiger partial charge in [-0.25, -0.2) is 0 Å². The molecule has 1 fully saturated rings. The lowest BCUT2D eigenvalue weighted by Crippen LogP contribution is -2.35. The van der Waals surface area contributed by atoms with Crippen LogP contribution in [0.25, 0.3) is 0 Å². The van der Waals surface area contributed by atoms with Gasteiger partial charge in [0.1, 0.15) is 0 Å². The lowest BCUT2D eigenvalue weighted by Gasteiger charge is -2.21. The zero-order valence-corrected chi connectivity index (χ0v) is 11.2. The molecule has 0 spiro atoms. The van der Waals surface area contributed by atoms with E-state index in [4.69, 9.17) is 0 Å². The molecule has 19 heavy (non-hydrogen) atoms. The third kappa shape index (κ3) is 2.93. The second-order valence-electron chi connectivity index (χ2n) is 5.10. The molecule has 0 radical (unpaired) electrons. The second kappa shape index (κ2) is 5.40. The van der Waals surface area contributed by atoms with Crippen LogP contribution in [0.15, 0.2) is 24.3 Å². The molecular weight excluding hydrogens is 242 g/mol. The predicted molar refractivity (Wildman–Crippen MR) is 74.1 cm³/mol. The van der Waals surface area contributed by atoms with E-state index >= 15 is 0 Å². The number of benzene rings is 1. The fourth-order valence-corrected chi connectivity index (χ4v) is 2.14. The Hall–Kier alpha value is -1.88. The van der Waals surface area contributed by atoms with E-state index < -0.39 is 0 Å². The maximum Gasteiger partial charge on any atom is 0.251 e. The van der Waals surface area contributed by atoms with E-state index in [0.29, 0.717) is 17.8 Å². The molecule has 1 unspecified atom stereocenters. The van der Waals surface area contributed by atoms with Crippen LogP contribution >= 0.6 is 0 Å². The van der Waals surface area contributed by atoms with Crippen LogP contribution in [0.5, 0.6) is 0 Å². The second-order valence-corrected chi connectivity index (χ2v) is 5.10. The zero-order valence-electron chi connectivity index (χ0n) is 11.2. The summed E-state index contributed by atoms with van der Waals surface area (Å²) in [5.74, 6) is -0.116. The summed E-state index contributed by atoms with van der Waals surface area (Å²) in [7, 11) is 1.59. The Balaban J connectivity index is 2.03. The van der Waals surface area contributed by atoms with E-state index in [1.165, 1.54) is 0 Å². The first-order chi connectivity index (χ1) is 9.05. The minimum absolute atomic E-state index is 0.0187. The van der Waals surface area contributed by atoms with Gasteiger partial charge in [-0.15, -0.1) is 0 Å². The van der Waals surface area contributed by atoms with Crippen molar-refractivity contribution in [3.63, 3.8) is 0 Å². The monoisotopic (exact) mass is 261 g/mol. The molecule has 0 aliphatic carbocycles. The molecule has 0 bridgehead atoms. The normalized spacial score (nSPS) is 22.0. The zero-order chi connectivity index (χ0) is 13.9. The number of carbonyl (C=O) groups is 2. The van der Waals surface area contributed by atoms with Crippen molar-refractivity contribution in [3.05, 3.63) is 29.8 Å². The topological polar surface area (TPSA) is 70.2 Å². The van der Waals surface area contributed by atoms with Gasteiger partial charge < -0.3 is 16.0 Å². The highest BCUT2D eigenvalue weighted by molar-refractivity contribution is 5.97. The van der Waals surface area contributed by atoms with Crippen LogP contribution < -0.4 is 16.0 Å². The molecule has 2 rings (SSSR count). The molecule has 5 nitrogen and oxygen atoms in total. The third-order valence-corrected chi connectivity index (χ3v) is 3.55. The van der Waals surface area contributed by atoms with Crippen LogP contribution in [0, 0.1) is 5.41 Å². The van der Waals surface area contributed by atoms with E-state index in [1.54, 1.807) is 31.3 Å². The molecule has 0 saturated carbocycles. The Labute approximate surface area is 112 Å². The average Bonchev–Trinajstić information content (AvgIpc) is 2.87. The van der Waals surface area contributed by atoms with Crippen LogP contribution in [0.2, 0.25) is 0 Å². The van der Waals surface area contributed by atoms with Gasteiger partial charge >= 0.3 is 0 Å². The first kappa shape index (κ1) is 13.5. The highest BCUT2D eigenvalue weighted by Gasteiger charge is 2.36. The molecule has 2 amide bonds. The van der Waals surface area contributed by atoms with Crippen molar-refractivity contribution in [2.45, 2.75) is 13.3 Å². The van der Waals surface area contributed by atoms with Crippen molar-refractivity contribution >= 4 is 17.5 Å². The third-order valence-electron chi connectivity index (χ3n) is 3.55. The number of rotatable bonds is 3. The van der Waals surface area contributed by atoms with Crippen molar-refractivity contribution in [2.75, 3.05) is 25.5 Å². The number of anilines is 1. The molecule has 1 aromatic carbocycles. The van der Waals surface area contributed by atoms with E-state index in [2.05, 4.69) is 16.0 Å². The number of carbonyl (C=O) groups excluding carboxylic acids is 2. The number of nitrogens with one attached hydrogen (secondary N) is 3. The fourth-order valence-electron chi connectivity index (χ4n) is 2.14. The highest BCUT2D eigenvalue weighted by Crippen LogP contribution is 2.26. The van der Waals surface area contributed by atoms with Crippen LogP contribution in [0.1, 0.15) is 23.7 Å². The van der Waals surface area contributed by atoms with E-state index in [0.717, 1.165) is 13.0 Å². The fraction of sp³-hybridized carbons (Fsp3) is 0.429. The van der Waals surface area contributed by atoms with Gasteiger partial charge in [0.2, 0.25) is 5.91 Å². The van der Waals surface area contributed by atoms with Gasteiger partial charge in [-0.3, -0.25) is 9.59 Å². The van der Waals surface area contributed by atoms with Gasteiger partial charge in [-0.2, -0.15) is 0 Å². The smallest absolute Gasteiger partial charge is 0.251 e. The first-order valence-electron chi connectivity index (χ1n) is 6.39. The molecule has 1 aliphatic heterocycles. The Morgan fingerprint density at radius 1 is 1.26 bits per heavy atom.